The molecule has 0 amide bonds. The maximum Gasteiger partial charge on any atom is 0.118 e. The Morgan fingerprint density at radius 3 is 1.26 bits per heavy atom. The molecule has 2 aromatic carbocycles. The summed E-state index contributed by atoms with van der Waals surface area (Å²) >= 11 is 8.20. The van der Waals surface area contributed by atoms with Gasteiger partial charge in [-0.3, -0.25) is 0 Å². The number of aliphatic hydroxyl groups is 1. The minimum absolute atomic E-state index is 0. The van der Waals surface area contributed by atoms with E-state index in [1.807, 2.05) is 50.2 Å². The van der Waals surface area contributed by atoms with Gasteiger partial charge in [-0.15, -0.1) is 12.6 Å². The summed E-state index contributed by atoms with van der Waals surface area (Å²) in [4.78, 5) is 1.10. The van der Waals surface area contributed by atoms with Crippen molar-refractivity contribution in [2.24, 2.45) is 0 Å². The van der Waals surface area contributed by atoms with Crippen molar-refractivity contribution in [2.45, 2.75) is 119 Å². The van der Waals surface area contributed by atoms with E-state index in [1.165, 1.54) is 24.8 Å². The molecule has 202 valence electrons. The fraction of sp³-hybridized carbons (Fsp3) is 0.600. The highest BCUT2D eigenvalue weighted by Crippen LogP contribution is 2.15. The summed E-state index contributed by atoms with van der Waals surface area (Å²) in [6, 6.07) is 15.5. The number of aryl methyl sites for hydroxylation is 2. The van der Waals surface area contributed by atoms with Gasteiger partial charge in [-0.2, -0.15) is 12.6 Å². The normalized spacial score (nSPS) is 9.18. The van der Waals surface area contributed by atoms with Gasteiger partial charge < -0.3 is 10.2 Å². The van der Waals surface area contributed by atoms with Crippen molar-refractivity contribution in [2.75, 3.05) is 5.75 Å². The first-order valence-electron chi connectivity index (χ1n) is 12.5. The number of para-hydroxylation sites is 1. The van der Waals surface area contributed by atoms with Crippen LogP contribution in [-0.2, 0) is 12.8 Å². The van der Waals surface area contributed by atoms with Crippen LogP contribution in [0.15, 0.2) is 53.4 Å². The van der Waals surface area contributed by atoms with Crippen LogP contribution in [0.3, 0.4) is 0 Å². The van der Waals surface area contributed by atoms with Gasteiger partial charge in [0.25, 0.3) is 0 Å². The summed E-state index contributed by atoms with van der Waals surface area (Å²) in [7, 11) is 0. The molecule has 0 heterocycles. The van der Waals surface area contributed by atoms with Crippen LogP contribution in [0.4, 0.5) is 0 Å². The van der Waals surface area contributed by atoms with E-state index in [0.29, 0.717) is 5.75 Å². The molecule has 0 bridgehead atoms. The highest BCUT2D eigenvalue weighted by atomic mass is 32.1. The summed E-state index contributed by atoms with van der Waals surface area (Å²) in [6.07, 6.45) is 6.39. The van der Waals surface area contributed by atoms with Crippen molar-refractivity contribution in [1.29, 1.82) is 0 Å². The van der Waals surface area contributed by atoms with Crippen LogP contribution in [0.1, 0.15) is 107 Å². The Balaban J connectivity index is -0.000000105. The van der Waals surface area contributed by atoms with Crippen molar-refractivity contribution in [1.82, 2.24) is 0 Å². The van der Waals surface area contributed by atoms with Crippen LogP contribution in [-0.4, -0.2) is 22.1 Å². The molecule has 1 atom stereocenters. The van der Waals surface area contributed by atoms with Crippen molar-refractivity contribution >= 4 is 25.3 Å². The van der Waals surface area contributed by atoms with Crippen LogP contribution in [0.5, 0.6) is 5.75 Å². The van der Waals surface area contributed by atoms with Gasteiger partial charge in [-0.25, -0.2) is 0 Å². The third kappa shape index (κ3) is 35.5. The van der Waals surface area contributed by atoms with E-state index < -0.39 is 0 Å². The molecule has 2 rings (SSSR count). The molecule has 0 aliphatic heterocycles. The SMILES string of the molecule is C.CCC.CCC.CCC(C)O.CCCS.CCc1ccccc1O.CCc1ccccc1S. The van der Waals surface area contributed by atoms with E-state index in [9.17, 15) is 0 Å². The maximum atomic E-state index is 9.11. The summed E-state index contributed by atoms with van der Waals surface area (Å²) in [6.45, 7) is 18.5. The lowest BCUT2D eigenvalue weighted by Gasteiger charge is -1.97. The van der Waals surface area contributed by atoms with Crippen molar-refractivity contribution in [3.05, 3.63) is 59.7 Å². The number of aromatic hydroxyl groups is 1. The topological polar surface area (TPSA) is 40.5 Å². The molecule has 0 spiro atoms. The Labute approximate surface area is 225 Å². The first kappa shape index (κ1) is 43.0. The zero-order valence-electron chi connectivity index (χ0n) is 22.9. The largest absolute Gasteiger partial charge is 0.508 e. The Bertz CT molecular complexity index is 552. The third-order valence-corrected chi connectivity index (χ3v) is 4.44. The Hall–Kier alpha value is -1.10. The predicted octanol–water partition coefficient (Wildman–Crippen LogP) is 10.1. The van der Waals surface area contributed by atoms with E-state index in [-0.39, 0.29) is 13.5 Å². The van der Waals surface area contributed by atoms with E-state index in [0.717, 1.165) is 35.5 Å². The molecule has 0 aliphatic rings. The summed E-state index contributed by atoms with van der Waals surface area (Å²) in [5, 5.41) is 17.5. The zero-order valence-corrected chi connectivity index (χ0v) is 24.7. The summed E-state index contributed by atoms with van der Waals surface area (Å²) < 4.78 is 0. The molecule has 0 aliphatic carbocycles. The van der Waals surface area contributed by atoms with Gasteiger partial charge in [-0.1, -0.05) is 112 Å². The number of phenolic OH excluding ortho intramolecular Hbond substituents is 1. The van der Waals surface area contributed by atoms with Crippen LogP contribution in [0.25, 0.3) is 0 Å². The molecule has 0 saturated carbocycles. The first-order chi connectivity index (χ1) is 15.7. The second-order valence-electron chi connectivity index (χ2n) is 7.36. The van der Waals surface area contributed by atoms with Crippen molar-refractivity contribution < 1.29 is 10.2 Å². The van der Waals surface area contributed by atoms with Crippen molar-refractivity contribution in [3.63, 3.8) is 0 Å². The fourth-order valence-electron chi connectivity index (χ4n) is 1.62. The summed E-state index contributed by atoms with van der Waals surface area (Å²) in [5.41, 5.74) is 2.33. The predicted molar refractivity (Wildman–Crippen MR) is 165 cm³/mol. The van der Waals surface area contributed by atoms with E-state index in [2.05, 4.69) is 72.9 Å². The minimum atomic E-state index is -0.116. The minimum Gasteiger partial charge on any atom is -0.508 e. The van der Waals surface area contributed by atoms with E-state index in [4.69, 9.17) is 10.2 Å². The molecule has 4 heteroatoms. The molecule has 34 heavy (non-hydrogen) atoms. The molecule has 0 radical (unpaired) electrons. The lowest BCUT2D eigenvalue weighted by atomic mass is 10.1. The van der Waals surface area contributed by atoms with Crippen molar-refractivity contribution in [3.8, 4) is 5.75 Å². The number of aliphatic hydroxyl groups excluding tert-OH is 1. The maximum absolute atomic E-state index is 9.11. The number of phenols is 1. The molecule has 2 N–H and O–H groups in total. The van der Waals surface area contributed by atoms with Crippen LogP contribution in [0.2, 0.25) is 0 Å². The smallest absolute Gasteiger partial charge is 0.118 e. The third-order valence-electron chi connectivity index (χ3n) is 3.56. The number of hydrogen-bond donors (Lipinski definition) is 4. The van der Waals surface area contributed by atoms with Gasteiger partial charge in [0, 0.05) is 4.90 Å². The molecular weight excluding hydrogens is 456 g/mol. The second-order valence-corrected chi connectivity index (χ2v) is 8.29. The fourth-order valence-corrected chi connectivity index (χ4v) is 1.94. The molecular formula is C30H58O2S2. The Morgan fingerprint density at radius 2 is 1.06 bits per heavy atom. The van der Waals surface area contributed by atoms with Gasteiger partial charge >= 0.3 is 0 Å². The highest BCUT2D eigenvalue weighted by Gasteiger charge is 1.92. The van der Waals surface area contributed by atoms with Gasteiger partial charge in [0.15, 0.2) is 0 Å². The lowest BCUT2D eigenvalue weighted by Crippen LogP contribution is -1.93. The van der Waals surface area contributed by atoms with Crippen LogP contribution >= 0.6 is 25.3 Å². The van der Waals surface area contributed by atoms with Crippen LogP contribution < -0.4 is 0 Å². The average molecular weight is 515 g/mol. The van der Waals surface area contributed by atoms with Gasteiger partial charge in [-0.05, 0) is 61.6 Å². The average Bonchev–Trinajstić information content (AvgIpc) is 2.82. The molecule has 2 nitrogen and oxygen atoms in total. The number of rotatable bonds is 4. The Kier molecular flexibility index (Phi) is 46.1. The van der Waals surface area contributed by atoms with E-state index in [1.54, 1.807) is 13.0 Å². The standard InChI is InChI=1S/C8H10O.C8H10S.C4H10O.C3H8S.2C3H8.CH4/c2*1-2-7-5-3-4-6-8(7)9;1-3-4(2)5;1-2-3-4;2*1-3-2;/h2*3-6,9H,2H2,1H3;4-5H,3H2,1-2H3;4H,2-3H2,1H3;2*3H2,1-2H3;1H4. The molecule has 0 saturated heterocycles. The molecule has 2 aromatic rings. The number of hydrogen-bond acceptors (Lipinski definition) is 4. The number of thiol groups is 2. The quantitative estimate of drug-likeness (QED) is 0.306. The van der Waals surface area contributed by atoms with Gasteiger partial charge in [0.1, 0.15) is 5.75 Å². The van der Waals surface area contributed by atoms with Gasteiger partial charge in [0.05, 0.1) is 6.10 Å². The first-order valence-corrected chi connectivity index (χ1v) is 13.6. The van der Waals surface area contributed by atoms with Gasteiger partial charge in [0.2, 0.25) is 0 Å². The van der Waals surface area contributed by atoms with Crippen LogP contribution in [0, 0.1) is 0 Å². The summed E-state index contributed by atoms with van der Waals surface area (Å²) in [5.74, 6) is 1.42. The number of benzene rings is 2. The lowest BCUT2D eigenvalue weighted by molar-refractivity contribution is 0.191. The highest BCUT2D eigenvalue weighted by molar-refractivity contribution is 7.80. The molecule has 1 unspecified atom stereocenters. The Morgan fingerprint density at radius 1 is 0.735 bits per heavy atom. The van der Waals surface area contributed by atoms with E-state index >= 15 is 0 Å². The zero-order chi connectivity index (χ0) is 26.5. The molecule has 0 aromatic heterocycles. The monoisotopic (exact) mass is 514 g/mol. The molecule has 0 fully saturated rings. The second kappa shape index (κ2) is 36.5.